The van der Waals surface area contributed by atoms with E-state index >= 15 is 0 Å². The Labute approximate surface area is 100 Å². The van der Waals surface area contributed by atoms with E-state index in [0.29, 0.717) is 23.2 Å². The molecular formula is C10H12BrF3N2. The minimum Gasteiger partial charge on any atom is -0.384 e. The van der Waals surface area contributed by atoms with Gasteiger partial charge in [-0.05, 0) is 47.1 Å². The molecule has 0 spiro atoms. The smallest absolute Gasteiger partial charge is 0.384 e. The summed E-state index contributed by atoms with van der Waals surface area (Å²) in [4.78, 5) is 0. The summed E-state index contributed by atoms with van der Waals surface area (Å²) in [7, 11) is 0. The number of anilines is 1. The van der Waals surface area contributed by atoms with Crippen LogP contribution in [0.25, 0.3) is 0 Å². The Kier molecular flexibility index (Phi) is 4.61. The molecule has 2 nitrogen and oxygen atoms in total. The molecule has 16 heavy (non-hydrogen) atoms. The molecule has 0 radical (unpaired) electrons. The van der Waals surface area contributed by atoms with Crippen LogP contribution < -0.4 is 11.1 Å². The van der Waals surface area contributed by atoms with Crippen molar-refractivity contribution >= 4 is 21.6 Å². The van der Waals surface area contributed by atoms with E-state index in [9.17, 15) is 13.2 Å². The molecule has 0 aromatic heterocycles. The Morgan fingerprint density at radius 1 is 1.31 bits per heavy atom. The van der Waals surface area contributed by atoms with Gasteiger partial charge in [0.25, 0.3) is 0 Å². The van der Waals surface area contributed by atoms with Gasteiger partial charge in [0.1, 0.15) is 0 Å². The predicted octanol–water partition coefficient (Wildman–Crippen LogP) is 3.23. The second-order valence-electron chi connectivity index (χ2n) is 3.26. The van der Waals surface area contributed by atoms with Gasteiger partial charge in [-0.2, -0.15) is 13.2 Å². The number of nitrogens with one attached hydrogen (secondary N) is 1. The van der Waals surface area contributed by atoms with Crippen molar-refractivity contribution in [3.8, 4) is 0 Å². The van der Waals surface area contributed by atoms with Gasteiger partial charge < -0.3 is 11.1 Å². The van der Waals surface area contributed by atoms with Crippen molar-refractivity contribution in [1.29, 1.82) is 0 Å². The summed E-state index contributed by atoms with van der Waals surface area (Å²) < 4.78 is 37.4. The summed E-state index contributed by atoms with van der Waals surface area (Å²) in [6, 6.07) is 3.52. The SMILES string of the molecule is NCCCNc1ccc(C(F)(F)F)cc1Br. The highest BCUT2D eigenvalue weighted by Gasteiger charge is 2.30. The van der Waals surface area contributed by atoms with Crippen LogP contribution in [-0.2, 0) is 6.18 Å². The van der Waals surface area contributed by atoms with Gasteiger partial charge in [0, 0.05) is 16.7 Å². The topological polar surface area (TPSA) is 38.0 Å². The molecule has 3 N–H and O–H groups in total. The van der Waals surface area contributed by atoms with Crippen molar-refractivity contribution in [3.05, 3.63) is 28.2 Å². The van der Waals surface area contributed by atoms with Crippen LogP contribution in [0.2, 0.25) is 0 Å². The summed E-state index contributed by atoms with van der Waals surface area (Å²) in [5, 5.41) is 3.00. The zero-order valence-electron chi connectivity index (χ0n) is 8.44. The lowest BCUT2D eigenvalue weighted by Gasteiger charge is -2.11. The van der Waals surface area contributed by atoms with E-state index in [4.69, 9.17) is 5.73 Å². The van der Waals surface area contributed by atoms with Gasteiger partial charge in [-0.3, -0.25) is 0 Å². The Bertz CT molecular complexity index is 352. The molecule has 0 bridgehead atoms. The largest absolute Gasteiger partial charge is 0.416 e. The molecule has 0 aliphatic heterocycles. The summed E-state index contributed by atoms with van der Waals surface area (Å²) in [5.41, 5.74) is 5.29. The van der Waals surface area contributed by atoms with Gasteiger partial charge in [-0.1, -0.05) is 0 Å². The second kappa shape index (κ2) is 5.54. The highest BCUT2D eigenvalue weighted by molar-refractivity contribution is 9.10. The third-order valence-corrected chi connectivity index (χ3v) is 2.65. The van der Waals surface area contributed by atoms with Crippen molar-refractivity contribution in [2.75, 3.05) is 18.4 Å². The average molecular weight is 297 g/mol. The lowest BCUT2D eigenvalue weighted by atomic mass is 10.2. The van der Waals surface area contributed by atoms with E-state index in [2.05, 4.69) is 21.2 Å². The zero-order chi connectivity index (χ0) is 12.2. The standard InChI is InChI=1S/C10H12BrF3N2/c11-8-6-7(10(12,13)14)2-3-9(8)16-5-1-4-15/h2-3,6,16H,1,4-5,15H2. The molecular weight excluding hydrogens is 285 g/mol. The van der Waals surface area contributed by atoms with E-state index in [-0.39, 0.29) is 0 Å². The summed E-state index contributed by atoms with van der Waals surface area (Å²) in [6.07, 6.45) is -3.54. The molecule has 0 atom stereocenters. The first-order valence-corrected chi connectivity index (χ1v) is 5.55. The van der Waals surface area contributed by atoms with Crippen LogP contribution in [0, 0.1) is 0 Å². The van der Waals surface area contributed by atoms with Gasteiger partial charge in [0.05, 0.1) is 5.56 Å². The van der Waals surface area contributed by atoms with Crippen molar-refractivity contribution in [2.45, 2.75) is 12.6 Å². The van der Waals surface area contributed by atoms with E-state index in [1.807, 2.05) is 0 Å². The molecule has 90 valence electrons. The maximum absolute atomic E-state index is 12.3. The van der Waals surface area contributed by atoms with Gasteiger partial charge in [0.15, 0.2) is 0 Å². The van der Waals surface area contributed by atoms with Crippen LogP contribution in [0.3, 0.4) is 0 Å². The maximum atomic E-state index is 12.3. The summed E-state index contributed by atoms with van der Waals surface area (Å²) >= 11 is 3.10. The Balaban J connectivity index is 2.76. The molecule has 0 unspecified atom stereocenters. The van der Waals surface area contributed by atoms with Crippen molar-refractivity contribution < 1.29 is 13.2 Å². The highest BCUT2D eigenvalue weighted by Crippen LogP contribution is 2.33. The van der Waals surface area contributed by atoms with Crippen molar-refractivity contribution in [2.24, 2.45) is 5.73 Å². The Morgan fingerprint density at radius 3 is 2.50 bits per heavy atom. The third-order valence-electron chi connectivity index (χ3n) is 1.99. The molecule has 0 saturated carbocycles. The Morgan fingerprint density at radius 2 is 2.00 bits per heavy atom. The number of benzene rings is 1. The molecule has 0 heterocycles. The fourth-order valence-corrected chi connectivity index (χ4v) is 1.68. The molecule has 1 aromatic rings. The highest BCUT2D eigenvalue weighted by atomic mass is 79.9. The van der Waals surface area contributed by atoms with E-state index in [1.54, 1.807) is 0 Å². The van der Waals surface area contributed by atoms with Gasteiger partial charge in [-0.25, -0.2) is 0 Å². The molecule has 0 aliphatic rings. The minimum absolute atomic E-state index is 0.402. The second-order valence-corrected chi connectivity index (χ2v) is 4.12. The molecule has 6 heteroatoms. The Hall–Kier alpha value is -0.750. The van der Waals surface area contributed by atoms with E-state index in [0.717, 1.165) is 18.6 Å². The van der Waals surface area contributed by atoms with Crippen LogP contribution in [0.4, 0.5) is 18.9 Å². The molecule has 0 fully saturated rings. The molecule has 1 aromatic carbocycles. The average Bonchev–Trinajstić information content (AvgIpc) is 2.19. The minimum atomic E-state index is -4.31. The normalized spacial score (nSPS) is 11.6. The quantitative estimate of drug-likeness (QED) is 0.837. The number of hydrogen-bond donors (Lipinski definition) is 2. The fraction of sp³-hybridized carbons (Fsp3) is 0.400. The first-order valence-electron chi connectivity index (χ1n) is 4.76. The summed E-state index contributed by atoms with van der Waals surface area (Å²) in [5.74, 6) is 0. The maximum Gasteiger partial charge on any atom is 0.416 e. The zero-order valence-corrected chi connectivity index (χ0v) is 10.0. The molecule has 0 amide bonds. The van der Waals surface area contributed by atoms with Crippen molar-refractivity contribution in [1.82, 2.24) is 0 Å². The molecule has 0 saturated heterocycles. The molecule has 0 aliphatic carbocycles. The van der Waals surface area contributed by atoms with Crippen LogP contribution in [0.15, 0.2) is 22.7 Å². The number of hydrogen-bond acceptors (Lipinski definition) is 2. The first-order chi connectivity index (χ1) is 7.45. The van der Waals surface area contributed by atoms with Crippen LogP contribution in [0.5, 0.6) is 0 Å². The fourth-order valence-electron chi connectivity index (χ4n) is 1.16. The van der Waals surface area contributed by atoms with Gasteiger partial charge in [0.2, 0.25) is 0 Å². The number of rotatable bonds is 4. The number of alkyl halides is 3. The lowest BCUT2D eigenvalue weighted by Crippen LogP contribution is -2.09. The summed E-state index contributed by atoms with van der Waals surface area (Å²) in [6.45, 7) is 1.19. The van der Waals surface area contributed by atoms with Gasteiger partial charge >= 0.3 is 6.18 Å². The van der Waals surface area contributed by atoms with Gasteiger partial charge in [-0.15, -0.1) is 0 Å². The van der Waals surface area contributed by atoms with Crippen molar-refractivity contribution in [3.63, 3.8) is 0 Å². The number of nitrogens with two attached hydrogens (primary N) is 1. The van der Waals surface area contributed by atoms with Crippen LogP contribution in [0.1, 0.15) is 12.0 Å². The molecule has 1 rings (SSSR count). The lowest BCUT2D eigenvalue weighted by molar-refractivity contribution is -0.137. The first kappa shape index (κ1) is 13.3. The van der Waals surface area contributed by atoms with E-state index < -0.39 is 11.7 Å². The van der Waals surface area contributed by atoms with E-state index in [1.165, 1.54) is 6.07 Å². The van der Waals surface area contributed by atoms with Crippen LogP contribution >= 0.6 is 15.9 Å². The predicted molar refractivity (Wildman–Crippen MR) is 61.3 cm³/mol. The number of halogens is 4. The van der Waals surface area contributed by atoms with Crippen LogP contribution in [-0.4, -0.2) is 13.1 Å². The monoisotopic (exact) mass is 296 g/mol. The third kappa shape index (κ3) is 3.68.